The van der Waals surface area contributed by atoms with Gasteiger partial charge in [0, 0.05) is 38.5 Å². The molecule has 0 atom stereocenters. The smallest absolute Gasteiger partial charge is 0.235 e. The number of benzene rings is 1. The molecule has 0 bridgehead atoms. The minimum absolute atomic E-state index is 0.161. The maximum absolute atomic E-state index is 11.5. The predicted octanol–water partition coefficient (Wildman–Crippen LogP) is 2.97. The molecule has 0 unspecified atom stereocenters. The number of rotatable bonds is 5. The summed E-state index contributed by atoms with van der Waals surface area (Å²) in [7, 11) is 0. The highest BCUT2D eigenvalue weighted by Gasteiger charge is 2.25. The molecule has 1 saturated heterocycles. The molecule has 1 amide bonds. The number of hydrogen-bond acceptors (Lipinski definition) is 6. The number of allylic oxidation sites excluding steroid dienone is 2. The van der Waals surface area contributed by atoms with E-state index in [2.05, 4.69) is 21.4 Å². The Bertz CT molecular complexity index is 835. The summed E-state index contributed by atoms with van der Waals surface area (Å²) in [4.78, 5) is 20.1. The first-order valence-electron chi connectivity index (χ1n) is 10.1. The second kappa shape index (κ2) is 8.86. The molecule has 1 aromatic carbocycles. The Labute approximate surface area is 171 Å². The largest absolute Gasteiger partial charge is 0.438 e. The van der Waals surface area contributed by atoms with Crippen LogP contribution in [-0.2, 0) is 4.79 Å². The monoisotopic (exact) mass is 393 g/mol. The molecular weight excluding hydrogens is 366 g/mol. The summed E-state index contributed by atoms with van der Waals surface area (Å²) in [5, 5.41) is 2.01. The number of nitrogens with zero attached hydrogens (tertiary/aromatic N) is 4. The van der Waals surface area contributed by atoms with Crippen LogP contribution in [0.15, 0.2) is 65.8 Å². The first kappa shape index (κ1) is 19.1. The Morgan fingerprint density at radius 1 is 1.14 bits per heavy atom. The van der Waals surface area contributed by atoms with Crippen LogP contribution in [0.4, 0.5) is 5.69 Å². The molecule has 7 nitrogen and oxygen atoms in total. The van der Waals surface area contributed by atoms with Gasteiger partial charge in [-0.25, -0.2) is 4.99 Å². The number of amides is 1. The van der Waals surface area contributed by atoms with E-state index in [1.54, 1.807) is 6.92 Å². The Hall–Kier alpha value is -3.22. The van der Waals surface area contributed by atoms with Crippen molar-refractivity contribution in [1.82, 2.24) is 14.8 Å². The zero-order chi connectivity index (χ0) is 20.1. The van der Waals surface area contributed by atoms with Crippen LogP contribution in [-0.4, -0.2) is 59.2 Å². The van der Waals surface area contributed by atoms with Crippen LogP contribution in [0.3, 0.4) is 0 Å². The predicted molar refractivity (Wildman–Crippen MR) is 114 cm³/mol. The van der Waals surface area contributed by atoms with E-state index < -0.39 is 0 Å². The van der Waals surface area contributed by atoms with Crippen molar-refractivity contribution in [2.24, 2.45) is 4.99 Å². The molecule has 1 N–H and O–H groups in total. The normalized spacial score (nSPS) is 19.3. The fourth-order valence-electron chi connectivity index (χ4n) is 3.71. The van der Waals surface area contributed by atoms with Gasteiger partial charge in [-0.1, -0.05) is 12.2 Å². The molecule has 152 valence electrons. The third-order valence-corrected chi connectivity index (χ3v) is 5.33. The molecule has 0 radical (unpaired) electrons. The van der Waals surface area contributed by atoms with Gasteiger partial charge in [-0.2, -0.15) is 0 Å². The number of anilines is 1. The van der Waals surface area contributed by atoms with Crippen LogP contribution in [0.25, 0.3) is 0 Å². The molecule has 0 spiro atoms. The summed E-state index contributed by atoms with van der Waals surface area (Å²) in [6.07, 6.45) is 13.9. The van der Waals surface area contributed by atoms with Crippen molar-refractivity contribution in [3.63, 3.8) is 0 Å². The fourth-order valence-corrected chi connectivity index (χ4v) is 3.71. The number of aliphatic imine (C=N–C) groups is 1. The van der Waals surface area contributed by atoms with Gasteiger partial charge in [-0.15, -0.1) is 0 Å². The quantitative estimate of drug-likeness (QED) is 0.833. The van der Waals surface area contributed by atoms with Crippen molar-refractivity contribution < 1.29 is 9.53 Å². The molecule has 7 heteroatoms. The topological polar surface area (TPSA) is 60.4 Å². The van der Waals surface area contributed by atoms with Crippen LogP contribution >= 0.6 is 0 Å². The molecular formula is C22H27N5O2. The minimum Gasteiger partial charge on any atom is -0.438 e. The minimum atomic E-state index is 0.161. The number of nitrogens with one attached hydrogen (secondary N) is 1. The maximum Gasteiger partial charge on any atom is 0.235 e. The van der Waals surface area contributed by atoms with Crippen LogP contribution in [0.2, 0.25) is 0 Å². The van der Waals surface area contributed by atoms with Gasteiger partial charge in [-0.05, 0) is 43.2 Å². The third kappa shape index (κ3) is 4.99. The second-order valence-electron chi connectivity index (χ2n) is 7.37. The van der Waals surface area contributed by atoms with Crippen LogP contribution < -0.4 is 10.2 Å². The number of piperidine rings is 1. The van der Waals surface area contributed by atoms with Crippen LogP contribution in [0.1, 0.15) is 19.8 Å². The standard InChI is InChI=1S/C22H27N5O2/c1-18(28)25-14-9-20(10-15-25)26-16-11-23-22(17-26)29-21-7-5-19(6-8-21)24-27-12-3-2-4-13-27/h2-8,11-12,17,20,24H,9-10,13-16H2,1H3. The Morgan fingerprint density at radius 2 is 1.93 bits per heavy atom. The number of hydrazine groups is 1. The summed E-state index contributed by atoms with van der Waals surface area (Å²) in [5.41, 5.74) is 4.33. The number of carbonyl (C=O) groups excluding carboxylic acids is 1. The highest BCUT2D eigenvalue weighted by molar-refractivity contribution is 5.73. The van der Waals surface area contributed by atoms with E-state index in [-0.39, 0.29) is 5.91 Å². The van der Waals surface area contributed by atoms with Crippen molar-refractivity contribution in [3.05, 3.63) is 60.8 Å². The SMILES string of the molecule is CC(=O)N1CCC(N2C=C(Oc3ccc(NN4C=CC=CC4)cc3)N=CC2)CC1. The first-order chi connectivity index (χ1) is 14.2. The molecule has 4 rings (SSSR count). The average molecular weight is 393 g/mol. The molecule has 1 aromatic rings. The molecule has 0 saturated carbocycles. The van der Waals surface area contributed by atoms with Crippen molar-refractivity contribution in [3.8, 4) is 5.75 Å². The van der Waals surface area contributed by atoms with Gasteiger partial charge >= 0.3 is 0 Å². The van der Waals surface area contributed by atoms with Crippen molar-refractivity contribution in [2.75, 3.05) is 31.6 Å². The van der Waals surface area contributed by atoms with Crippen LogP contribution in [0, 0.1) is 0 Å². The number of ether oxygens (including phenoxy) is 1. The van der Waals surface area contributed by atoms with E-state index in [0.29, 0.717) is 11.9 Å². The lowest BCUT2D eigenvalue weighted by Gasteiger charge is -2.38. The van der Waals surface area contributed by atoms with Gasteiger partial charge < -0.3 is 14.5 Å². The Kier molecular flexibility index (Phi) is 5.84. The number of likely N-dealkylation sites (tertiary alicyclic amines) is 1. The van der Waals surface area contributed by atoms with E-state index in [9.17, 15) is 4.79 Å². The van der Waals surface area contributed by atoms with Gasteiger partial charge in [-0.3, -0.25) is 15.2 Å². The molecule has 3 aliphatic heterocycles. The summed E-state index contributed by atoms with van der Waals surface area (Å²) in [5.74, 6) is 1.50. The van der Waals surface area contributed by atoms with Gasteiger partial charge in [0.2, 0.25) is 11.8 Å². The van der Waals surface area contributed by atoms with Crippen molar-refractivity contribution in [2.45, 2.75) is 25.8 Å². The maximum atomic E-state index is 11.5. The molecule has 3 aliphatic rings. The van der Waals surface area contributed by atoms with Gasteiger partial charge in [0.25, 0.3) is 0 Å². The molecule has 1 fully saturated rings. The Morgan fingerprint density at radius 3 is 2.62 bits per heavy atom. The second-order valence-corrected chi connectivity index (χ2v) is 7.37. The third-order valence-electron chi connectivity index (χ3n) is 5.33. The highest BCUT2D eigenvalue weighted by atomic mass is 16.5. The lowest BCUT2D eigenvalue weighted by molar-refractivity contribution is -0.130. The lowest BCUT2D eigenvalue weighted by atomic mass is 10.0. The first-order valence-corrected chi connectivity index (χ1v) is 10.1. The molecule has 29 heavy (non-hydrogen) atoms. The van der Waals surface area contributed by atoms with E-state index in [1.165, 1.54) is 0 Å². The van der Waals surface area contributed by atoms with Gasteiger partial charge in [0.1, 0.15) is 5.75 Å². The molecule has 3 heterocycles. The van der Waals surface area contributed by atoms with Crippen molar-refractivity contribution >= 4 is 17.8 Å². The fraction of sp³-hybridized carbons (Fsp3) is 0.364. The zero-order valence-corrected chi connectivity index (χ0v) is 16.7. The molecule has 0 aromatic heterocycles. The zero-order valence-electron chi connectivity index (χ0n) is 16.7. The summed E-state index contributed by atoms with van der Waals surface area (Å²) >= 11 is 0. The molecule has 0 aliphatic carbocycles. The average Bonchev–Trinajstić information content (AvgIpc) is 2.76. The van der Waals surface area contributed by atoms with Crippen LogP contribution in [0.5, 0.6) is 5.75 Å². The number of carbonyl (C=O) groups is 1. The van der Waals surface area contributed by atoms with E-state index >= 15 is 0 Å². The van der Waals surface area contributed by atoms with E-state index in [4.69, 9.17) is 4.74 Å². The van der Waals surface area contributed by atoms with E-state index in [1.807, 2.05) is 64.9 Å². The van der Waals surface area contributed by atoms with Gasteiger partial charge in [0.15, 0.2) is 0 Å². The van der Waals surface area contributed by atoms with Crippen molar-refractivity contribution in [1.29, 1.82) is 0 Å². The Balaban J connectivity index is 1.32. The highest BCUT2D eigenvalue weighted by Crippen LogP contribution is 2.23. The van der Waals surface area contributed by atoms with Gasteiger partial charge in [0.05, 0.1) is 25.0 Å². The summed E-state index contributed by atoms with van der Waals surface area (Å²) < 4.78 is 5.97. The lowest BCUT2D eigenvalue weighted by Crippen LogP contribution is -2.45. The number of hydrogen-bond donors (Lipinski definition) is 1. The summed E-state index contributed by atoms with van der Waals surface area (Å²) in [6, 6.07) is 8.27. The summed E-state index contributed by atoms with van der Waals surface area (Å²) in [6.45, 7) is 4.87. The van der Waals surface area contributed by atoms with E-state index in [0.717, 1.165) is 50.5 Å².